The molecule has 1 unspecified atom stereocenters. The van der Waals surface area contributed by atoms with Crippen LogP contribution in [0.25, 0.3) is 10.8 Å². The maximum Gasteiger partial charge on any atom is 0.0653 e. The first kappa shape index (κ1) is 14.6. The third kappa shape index (κ3) is 2.73. The van der Waals surface area contributed by atoms with Gasteiger partial charge in [0.15, 0.2) is 0 Å². The molecule has 0 spiro atoms. The summed E-state index contributed by atoms with van der Waals surface area (Å²) in [6, 6.07) is 19.0. The minimum Gasteiger partial charge on any atom is -0.0837 e. The van der Waals surface area contributed by atoms with Crippen molar-refractivity contribution >= 4 is 38.3 Å². The molecule has 0 aromatic heterocycles. The van der Waals surface area contributed by atoms with Crippen molar-refractivity contribution in [1.29, 1.82) is 0 Å². The van der Waals surface area contributed by atoms with E-state index in [0.29, 0.717) is 0 Å². The monoisotopic (exact) mass is 358 g/mol. The molecule has 0 aliphatic carbocycles. The molecule has 0 N–H and O–H groups in total. The first-order valence-electron chi connectivity index (χ1n) is 6.96. The summed E-state index contributed by atoms with van der Waals surface area (Å²) in [6.07, 6.45) is 0. The van der Waals surface area contributed by atoms with Crippen molar-refractivity contribution in [2.75, 3.05) is 0 Å². The van der Waals surface area contributed by atoms with Crippen LogP contribution >= 0.6 is 27.5 Å². The molecule has 2 heteroatoms. The Morgan fingerprint density at radius 3 is 2.33 bits per heavy atom. The third-order valence-corrected chi connectivity index (χ3v) is 5.20. The molecule has 3 rings (SSSR count). The van der Waals surface area contributed by atoms with Crippen LogP contribution in [0.15, 0.2) is 54.6 Å². The molecule has 21 heavy (non-hydrogen) atoms. The van der Waals surface area contributed by atoms with Crippen molar-refractivity contribution in [2.24, 2.45) is 0 Å². The summed E-state index contributed by atoms with van der Waals surface area (Å²) in [5.74, 6) is 0. The van der Waals surface area contributed by atoms with Crippen LogP contribution < -0.4 is 0 Å². The second-order valence-electron chi connectivity index (χ2n) is 5.40. The molecule has 0 saturated carbocycles. The topological polar surface area (TPSA) is 0 Å². The highest BCUT2D eigenvalue weighted by molar-refractivity contribution is 9.09. The van der Waals surface area contributed by atoms with Crippen LogP contribution in [-0.2, 0) is 0 Å². The van der Waals surface area contributed by atoms with Crippen molar-refractivity contribution in [1.82, 2.24) is 0 Å². The van der Waals surface area contributed by atoms with E-state index in [1.54, 1.807) is 0 Å². The molecule has 1 atom stereocenters. The lowest BCUT2D eigenvalue weighted by Gasteiger charge is -2.17. The molecular formula is C19H16BrCl. The number of halogens is 2. The Hall–Kier alpha value is -1.31. The Morgan fingerprint density at radius 1 is 0.857 bits per heavy atom. The zero-order chi connectivity index (χ0) is 15.0. The standard InChI is InChI=1S/C19H16BrCl/c1-12-7-8-13(2)17(11-12)19(20)16-9-10-18(21)15-6-4-3-5-14(15)16/h3-11,19H,1-2H3. The molecule has 3 aromatic carbocycles. The van der Waals surface area contributed by atoms with E-state index in [1.807, 2.05) is 12.1 Å². The van der Waals surface area contributed by atoms with Crippen molar-refractivity contribution < 1.29 is 0 Å². The number of aryl methyl sites for hydroxylation is 2. The summed E-state index contributed by atoms with van der Waals surface area (Å²) in [7, 11) is 0. The molecule has 0 heterocycles. The summed E-state index contributed by atoms with van der Waals surface area (Å²) in [5.41, 5.74) is 5.13. The van der Waals surface area contributed by atoms with E-state index in [9.17, 15) is 0 Å². The third-order valence-electron chi connectivity index (χ3n) is 3.89. The summed E-state index contributed by atoms with van der Waals surface area (Å²) in [5, 5.41) is 3.11. The zero-order valence-corrected chi connectivity index (χ0v) is 14.4. The Morgan fingerprint density at radius 2 is 1.57 bits per heavy atom. The van der Waals surface area contributed by atoms with E-state index in [0.717, 1.165) is 10.4 Å². The summed E-state index contributed by atoms with van der Waals surface area (Å²) in [4.78, 5) is 0.166. The van der Waals surface area contributed by atoms with Gasteiger partial charge >= 0.3 is 0 Å². The predicted molar refractivity (Wildman–Crippen MR) is 95.6 cm³/mol. The number of fused-ring (bicyclic) bond motifs is 1. The predicted octanol–water partition coefficient (Wildman–Crippen LogP) is 6.59. The molecule has 0 amide bonds. The van der Waals surface area contributed by atoms with Gasteiger partial charge in [0.1, 0.15) is 0 Å². The summed E-state index contributed by atoms with van der Waals surface area (Å²) < 4.78 is 0. The molecule has 0 aliphatic rings. The molecule has 3 aromatic rings. The average molecular weight is 360 g/mol. The van der Waals surface area contributed by atoms with Gasteiger partial charge in [0.05, 0.1) is 4.83 Å². The first-order chi connectivity index (χ1) is 10.1. The van der Waals surface area contributed by atoms with Gasteiger partial charge in [-0.2, -0.15) is 0 Å². The average Bonchev–Trinajstić information content (AvgIpc) is 2.50. The van der Waals surface area contributed by atoms with Gasteiger partial charge in [-0.05, 0) is 42.0 Å². The summed E-state index contributed by atoms with van der Waals surface area (Å²) in [6.45, 7) is 4.28. The molecule has 0 fully saturated rings. The molecule has 0 nitrogen and oxygen atoms in total. The molecule has 0 aliphatic heterocycles. The smallest absolute Gasteiger partial charge is 0.0653 e. The lowest BCUT2D eigenvalue weighted by molar-refractivity contribution is 1.15. The Labute approximate surface area is 138 Å². The van der Waals surface area contributed by atoms with E-state index in [-0.39, 0.29) is 4.83 Å². The van der Waals surface area contributed by atoms with Crippen LogP contribution in [0.1, 0.15) is 27.1 Å². The fourth-order valence-electron chi connectivity index (χ4n) is 2.71. The van der Waals surface area contributed by atoms with Gasteiger partial charge in [0.25, 0.3) is 0 Å². The normalized spacial score (nSPS) is 12.6. The number of hydrogen-bond acceptors (Lipinski definition) is 0. The fourth-order valence-corrected chi connectivity index (χ4v) is 3.83. The second kappa shape index (κ2) is 5.82. The number of rotatable bonds is 2. The summed E-state index contributed by atoms with van der Waals surface area (Å²) >= 11 is 10.2. The minimum atomic E-state index is 0.166. The maximum atomic E-state index is 6.32. The van der Waals surface area contributed by atoms with E-state index >= 15 is 0 Å². The van der Waals surface area contributed by atoms with Gasteiger partial charge in [0, 0.05) is 10.4 Å². The Balaban J connectivity index is 2.20. The zero-order valence-electron chi connectivity index (χ0n) is 12.0. The SMILES string of the molecule is Cc1ccc(C)c(C(Br)c2ccc(Cl)c3ccccc23)c1. The van der Waals surface area contributed by atoms with Gasteiger partial charge in [-0.1, -0.05) is 81.6 Å². The number of hydrogen-bond donors (Lipinski definition) is 0. The van der Waals surface area contributed by atoms with Crippen molar-refractivity contribution in [3.8, 4) is 0 Å². The minimum absolute atomic E-state index is 0.166. The molecule has 0 bridgehead atoms. The molecular weight excluding hydrogens is 344 g/mol. The van der Waals surface area contributed by atoms with Gasteiger partial charge in [-0.15, -0.1) is 0 Å². The van der Waals surface area contributed by atoms with Crippen LogP contribution in [0.5, 0.6) is 0 Å². The molecule has 0 saturated heterocycles. The largest absolute Gasteiger partial charge is 0.0837 e. The van der Waals surface area contributed by atoms with Crippen molar-refractivity contribution in [3.05, 3.63) is 81.9 Å². The Bertz CT molecular complexity index is 808. The van der Waals surface area contributed by atoms with Gasteiger partial charge < -0.3 is 0 Å². The lowest BCUT2D eigenvalue weighted by atomic mass is 9.95. The second-order valence-corrected chi connectivity index (χ2v) is 6.73. The van der Waals surface area contributed by atoms with Gasteiger partial charge in [-0.3, -0.25) is 0 Å². The molecule has 0 radical (unpaired) electrons. The van der Waals surface area contributed by atoms with E-state index < -0.39 is 0 Å². The van der Waals surface area contributed by atoms with Crippen LogP contribution in [0, 0.1) is 13.8 Å². The molecule has 106 valence electrons. The number of benzene rings is 3. The quantitative estimate of drug-likeness (QED) is 0.452. The van der Waals surface area contributed by atoms with Crippen LogP contribution in [0.3, 0.4) is 0 Å². The van der Waals surface area contributed by atoms with E-state index in [4.69, 9.17) is 11.6 Å². The highest BCUT2D eigenvalue weighted by Crippen LogP contribution is 2.38. The van der Waals surface area contributed by atoms with Gasteiger partial charge in [-0.25, -0.2) is 0 Å². The van der Waals surface area contributed by atoms with Crippen LogP contribution in [0.4, 0.5) is 0 Å². The van der Waals surface area contributed by atoms with Crippen molar-refractivity contribution in [2.45, 2.75) is 18.7 Å². The lowest BCUT2D eigenvalue weighted by Crippen LogP contribution is -1.98. The van der Waals surface area contributed by atoms with E-state index in [1.165, 1.54) is 27.6 Å². The maximum absolute atomic E-state index is 6.32. The highest BCUT2D eigenvalue weighted by Gasteiger charge is 2.16. The van der Waals surface area contributed by atoms with Gasteiger partial charge in [0.2, 0.25) is 0 Å². The Kier molecular flexibility index (Phi) is 4.05. The first-order valence-corrected chi connectivity index (χ1v) is 8.25. The van der Waals surface area contributed by atoms with Crippen molar-refractivity contribution in [3.63, 3.8) is 0 Å². The van der Waals surface area contributed by atoms with Crippen LogP contribution in [0.2, 0.25) is 5.02 Å². The van der Waals surface area contributed by atoms with Crippen LogP contribution in [-0.4, -0.2) is 0 Å². The highest BCUT2D eigenvalue weighted by atomic mass is 79.9. The number of alkyl halides is 1. The fraction of sp³-hybridized carbons (Fsp3) is 0.158. The van der Waals surface area contributed by atoms with E-state index in [2.05, 4.69) is 72.2 Å².